The maximum atomic E-state index is 13.0. The van der Waals surface area contributed by atoms with E-state index in [9.17, 15) is 9.59 Å². The van der Waals surface area contributed by atoms with E-state index in [1.54, 1.807) is 6.07 Å². The highest BCUT2D eigenvalue weighted by molar-refractivity contribution is 5.92. The first-order chi connectivity index (χ1) is 15.9. The number of benzene rings is 1. The molecule has 3 aliphatic rings. The van der Waals surface area contributed by atoms with Gasteiger partial charge in [-0.15, -0.1) is 0 Å². The Morgan fingerprint density at radius 3 is 2.42 bits per heavy atom. The summed E-state index contributed by atoms with van der Waals surface area (Å²) >= 11 is 0. The summed E-state index contributed by atoms with van der Waals surface area (Å²) < 4.78 is 0. The number of piperidine rings is 1. The van der Waals surface area contributed by atoms with Crippen molar-refractivity contribution in [3.8, 4) is 0 Å². The van der Waals surface area contributed by atoms with Crippen molar-refractivity contribution in [1.29, 1.82) is 0 Å². The number of hydrogen-bond donors (Lipinski definition) is 2. The molecule has 3 atom stereocenters. The number of amides is 3. The highest BCUT2D eigenvalue weighted by Crippen LogP contribution is 2.43. The molecule has 3 amide bonds. The minimum atomic E-state index is -0.352. The van der Waals surface area contributed by atoms with Crippen molar-refractivity contribution in [2.24, 2.45) is 11.7 Å². The molecule has 0 spiro atoms. The molecule has 4 rings (SSSR count). The van der Waals surface area contributed by atoms with E-state index < -0.39 is 0 Å². The molecule has 6 heteroatoms. The van der Waals surface area contributed by atoms with Crippen LogP contribution in [0.25, 0.3) is 0 Å². The van der Waals surface area contributed by atoms with Crippen LogP contribution in [0.4, 0.5) is 4.79 Å². The molecule has 3 N–H and O–H groups in total. The van der Waals surface area contributed by atoms with Gasteiger partial charge in [-0.3, -0.25) is 9.69 Å². The lowest BCUT2D eigenvalue weighted by Gasteiger charge is -2.40. The Morgan fingerprint density at radius 2 is 1.79 bits per heavy atom. The molecule has 182 valence electrons. The Labute approximate surface area is 199 Å². The normalized spacial score (nSPS) is 25.8. The van der Waals surface area contributed by atoms with Gasteiger partial charge in [0.2, 0.25) is 5.91 Å². The highest BCUT2D eigenvalue weighted by Gasteiger charge is 2.41. The van der Waals surface area contributed by atoms with Crippen molar-refractivity contribution in [2.75, 3.05) is 19.6 Å². The number of fused-ring (bicyclic) bond motifs is 2. The summed E-state index contributed by atoms with van der Waals surface area (Å²) in [5.41, 5.74) is 7.36. The van der Waals surface area contributed by atoms with Crippen molar-refractivity contribution in [2.45, 2.75) is 95.7 Å². The first kappa shape index (κ1) is 24.1. The SMILES string of the molecule is CC(C)NC(=O)N(CCN1[C@@H]2CC[C@H]1CC(c1cccc(C(N)=O)c1)C2)CC1CCCCC1. The molecular formula is C27H42N4O2. The lowest BCUT2D eigenvalue weighted by atomic mass is 9.84. The monoisotopic (exact) mass is 454 g/mol. The van der Waals surface area contributed by atoms with Gasteiger partial charge < -0.3 is 16.0 Å². The maximum Gasteiger partial charge on any atom is 0.317 e. The number of urea groups is 1. The van der Waals surface area contributed by atoms with E-state index in [0.29, 0.717) is 29.5 Å². The number of carbonyl (C=O) groups is 2. The van der Waals surface area contributed by atoms with Crippen LogP contribution in [0, 0.1) is 5.92 Å². The Morgan fingerprint density at radius 1 is 1.09 bits per heavy atom. The summed E-state index contributed by atoms with van der Waals surface area (Å²) in [5.74, 6) is 0.785. The Hall–Kier alpha value is -2.08. The van der Waals surface area contributed by atoms with Crippen LogP contribution >= 0.6 is 0 Å². The van der Waals surface area contributed by atoms with E-state index >= 15 is 0 Å². The molecule has 33 heavy (non-hydrogen) atoms. The minimum Gasteiger partial charge on any atom is -0.366 e. The quantitative estimate of drug-likeness (QED) is 0.607. The Kier molecular flexibility index (Phi) is 7.94. The molecule has 2 saturated heterocycles. The van der Waals surface area contributed by atoms with E-state index in [-0.39, 0.29) is 18.0 Å². The lowest BCUT2D eigenvalue weighted by molar-refractivity contribution is 0.0998. The third kappa shape index (κ3) is 6.08. The van der Waals surface area contributed by atoms with Crippen LogP contribution in [0.15, 0.2) is 24.3 Å². The molecule has 0 aromatic heterocycles. The van der Waals surface area contributed by atoms with E-state index in [4.69, 9.17) is 5.73 Å². The first-order valence-electron chi connectivity index (χ1n) is 13.1. The zero-order valence-corrected chi connectivity index (χ0v) is 20.5. The molecular weight excluding hydrogens is 412 g/mol. The summed E-state index contributed by atoms with van der Waals surface area (Å²) in [6.45, 7) is 6.74. The van der Waals surface area contributed by atoms with Gasteiger partial charge in [0.15, 0.2) is 0 Å². The fourth-order valence-electron chi connectivity index (χ4n) is 6.39. The minimum absolute atomic E-state index is 0.0982. The Balaban J connectivity index is 1.37. The van der Waals surface area contributed by atoms with Crippen molar-refractivity contribution < 1.29 is 9.59 Å². The van der Waals surface area contributed by atoms with Crippen molar-refractivity contribution in [3.05, 3.63) is 35.4 Å². The third-order valence-corrected chi connectivity index (χ3v) is 8.06. The average molecular weight is 455 g/mol. The van der Waals surface area contributed by atoms with Gasteiger partial charge in [-0.1, -0.05) is 31.4 Å². The molecule has 0 radical (unpaired) electrons. The van der Waals surface area contributed by atoms with Gasteiger partial charge in [-0.05, 0) is 81.9 Å². The van der Waals surface area contributed by atoms with Crippen molar-refractivity contribution in [1.82, 2.24) is 15.1 Å². The summed E-state index contributed by atoms with van der Waals surface area (Å²) in [6.07, 6.45) is 11.2. The predicted molar refractivity (Wildman–Crippen MR) is 132 cm³/mol. The maximum absolute atomic E-state index is 13.0. The number of hydrogen-bond acceptors (Lipinski definition) is 3. The van der Waals surface area contributed by atoms with Gasteiger partial charge in [0.1, 0.15) is 0 Å². The van der Waals surface area contributed by atoms with E-state index in [1.807, 2.05) is 26.0 Å². The predicted octanol–water partition coefficient (Wildman–Crippen LogP) is 4.50. The molecule has 2 bridgehead atoms. The molecule has 2 aliphatic heterocycles. The molecule has 3 fully saturated rings. The number of rotatable bonds is 8. The molecule has 2 heterocycles. The molecule has 1 aliphatic carbocycles. The second kappa shape index (κ2) is 10.9. The topological polar surface area (TPSA) is 78.7 Å². The van der Waals surface area contributed by atoms with Crippen molar-refractivity contribution >= 4 is 11.9 Å². The van der Waals surface area contributed by atoms with Gasteiger partial charge in [0.25, 0.3) is 0 Å². The molecule has 1 saturated carbocycles. The fraction of sp³-hybridized carbons (Fsp3) is 0.704. The smallest absolute Gasteiger partial charge is 0.317 e. The van der Waals surface area contributed by atoms with Gasteiger partial charge >= 0.3 is 6.03 Å². The van der Waals surface area contributed by atoms with E-state index in [0.717, 1.165) is 32.5 Å². The van der Waals surface area contributed by atoms with Crippen LogP contribution in [0.5, 0.6) is 0 Å². The van der Waals surface area contributed by atoms with Crippen LogP contribution in [0.2, 0.25) is 0 Å². The summed E-state index contributed by atoms with van der Waals surface area (Å²) in [7, 11) is 0. The summed E-state index contributed by atoms with van der Waals surface area (Å²) in [4.78, 5) is 29.3. The average Bonchev–Trinajstić information content (AvgIpc) is 3.03. The molecule has 6 nitrogen and oxygen atoms in total. The summed E-state index contributed by atoms with van der Waals surface area (Å²) in [5, 5.41) is 3.13. The Bertz CT molecular complexity index is 806. The second-order valence-corrected chi connectivity index (χ2v) is 10.8. The number of nitrogens with two attached hydrogens (primary N) is 1. The van der Waals surface area contributed by atoms with Crippen LogP contribution in [0.1, 0.15) is 93.5 Å². The first-order valence-corrected chi connectivity index (χ1v) is 13.1. The van der Waals surface area contributed by atoms with Crippen LogP contribution in [-0.2, 0) is 0 Å². The lowest BCUT2D eigenvalue weighted by Crippen LogP contribution is -2.50. The zero-order chi connectivity index (χ0) is 23.4. The summed E-state index contributed by atoms with van der Waals surface area (Å²) in [6, 6.07) is 9.29. The number of carbonyl (C=O) groups excluding carboxylic acids is 2. The van der Waals surface area contributed by atoms with E-state index in [2.05, 4.69) is 21.2 Å². The van der Waals surface area contributed by atoms with Gasteiger partial charge in [-0.25, -0.2) is 4.79 Å². The number of nitrogens with one attached hydrogen (secondary N) is 1. The fourth-order valence-corrected chi connectivity index (χ4v) is 6.39. The molecule has 1 aromatic carbocycles. The van der Waals surface area contributed by atoms with Crippen LogP contribution in [0.3, 0.4) is 0 Å². The molecule has 1 unspecified atom stereocenters. The van der Waals surface area contributed by atoms with Gasteiger partial charge in [0, 0.05) is 43.3 Å². The van der Waals surface area contributed by atoms with Crippen LogP contribution in [-0.4, -0.2) is 59.5 Å². The van der Waals surface area contributed by atoms with Gasteiger partial charge in [-0.2, -0.15) is 0 Å². The second-order valence-electron chi connectivity index (χ2n) is 10.8. The zero-order valence-electron chi connectivity index (χ0n) is 20.5. The number of nitrogens with zero attached hydrogens (tertiary/aromatic N) is 2. The standard InChI is InChI=1S/C27H42N4O2/c1-19(2)29-27(33)30(18-20-7-4-3-5-8-20)13-14-31-24-11-12-25(31)17-23(16-24)21-9-6-10-22(15-21)26(28)32/h6,9-10,15,19-20,23-25H,3-5,7-8,11-14,16-18H2,1-2H3,(H2,28,32)(H,29,33)/t23?,24-,25+. The number of primary amides is 1. The van der Waals surface area contributed by atoms with E-state index in [1.165, 1.54) is 50.5 Å². The largest absolute Gasteiger partial charge is 0.366 e. The third-order valence-electron chi connectivity index (χ3n) is 8.06. The molecule has 1 aromatic rings. The van der Waals surface area contributed by atoms with Gasteiger partial charge in [0.05, 0.1) is 0 Å². The highest BCUT2D eigenvalue weighted by atomic mass is 16.2. The van der Waals surface area contributed by atoms with Crippen molar-refractivity contribution in [3.63, 3.8) is 0 Å². The van der Waals surface area contributed by atoms with Crippen LogP contribution < -0.4 is 11.1 Å².